The summed E-state index contributed by atoms with van der Waals surface area (Å²) in [5, 5.41) is 3.01. The van der Waals surface area contributed by atoms with Gasteiger partial charge in [-0.2, -0.15) is 0 Å². The maximum atomic E-state index is 13.2. The molecule has 3 heterocycles. The number of benzene rings is 1. The number of anilines is 1. The molecular formula is C22H18N2O2S2. The van der Waals surface area contributed by atoms with E-state index in [9.17, 15) is 4.79 Å². The van der Waals surface area contributed by atoms with Gasteiger partial charge in [0.1, 0.15) is 15.5 Å². The topological polar surface area (TPSA) is 65.2 Å². The number of nitrogens with two attached hydrogens (primary N) is 1. The molecule has 2 N–H and O–H groups in total. The molecule has 4 aromatic rings. The molecule has 0 spiro atoms. The van der Waals surface area contributed by atoms with Crippen LogP contribution in [0.4, 0.5) is 5.69 Å². The Morgan fingerprint density at radius 2 is 2.00 bits per heavy atom. The number of ether oxygens (including phenoxy) is 1. The highest BCUT2D eigenvalue weighted by Gasteiger charge is 2.27. The Kier molecular flexibility index (Phi) is 4.18. The number of nitrogens with zero attached hydrogens (tertiary/aromatic N) is 1. The fourth-order valence-electron chi connectivity index (χ4n) is 3.88. The number of carbonyl (C=O) groups excluding carboxylic acids is 1. The molecule has 1 aromatic carbocycles. The van der Waals surface area contributed by atoms with Gasteiger partial charge in [0, 0.05) is 27.1 Å². The van der Waals surface area contributed by atoms with Crippen molar-refractivity contribution in [3.63, 3.8) is 0 Å². The van der Waals surface area contributed by atoms with E-state index >= 15 is 0 Å². The van der Waals surface area contributed by atoms with Crippen LogP contribution in [0.15, 0.2) is 41.8 Å². The molecule has 6 heteroatoms. The Labute approximate surface area is 170 Å². The summed E-state index contributed by atoms with van der Waals surface area (Å²) >= 11 is 3.11. The van der Waals surface area contributed by atoms with Gasteiger partial charge in [0.05, 0.1) is 12.8 Å². The van der Waals surface area contributed by atoms with E-state index in [1.54, 1.807) is 42.7 Å². The molecule has 0 aliphatic heterocycles. The average Bonchev–Trinajstić information content (AvgIpc) is 3.47. The fraction of sp³-hybridized carbons (Fsp3) is 0.182. The summed E-state index contributed by atoms with van der Waals surface area (Å²) in [5.41, 5.74) is 11.3. The van der Waals surface area contributed by atoms with Crippen LogP contribution in [0, 0.1) is 0 Å². The zero-order valence-electron chi connectivity index (χ0n) is 15.3. The number of aromatic nitrogens is 1. The van der Waals surface area contributed by atoms with Crippen LogP contribution in [0.25, 0.3) is 20.7 Å². The van der Waals surface area contributed by atoms with Crippen LogP contribution in [0.1, 0.15) is 32.9 Å². The van der Waals surface area contributed by atoms with Gasteiger partial charge >= 0.3 is 0 Å². The summed E-state index contributed by atoms with van der Waals surface area (Å²) in [6.45, 7) is 0. The van der Waals surface area contributed by atoms with Gasteiger partial charge in [-0.25, -0.2) is 4.98 Å². The lowest BCUT2D eigenvalue weighted by molar-refractivity contribution is 0.104. The van der Waals surface area contributed by atoms with Crippen molar-refractivity contribution >= 4 is 44.4 Å². The molecule has 28 heavy (non-hydrogen) atoms. The SMILES string of the molecule is COc1ccc(C(=O)c2sc3nc4c(c(-c5cccs5)c3c2N)CCC4)cc1. The van der Waals surface area contributed by atoms with Gasteiger partial charge in [-0.1, -0.05) is 6.07 Å². The Morgan fingerprint density at radius 3 is 2.71 bits per heavy atom. The molecule has 140 valence electrons. The number of ketones is 1. The molecular weight excluding hydrogens is 388 g/mol. The first-order valence-corrected chi connectivity index (χ1v) is 10.8. The van der Waals surface area contributed by atoms with Crippen molar-refractivity contribution in [3.8, 4) is 16.2 Å². The van der Waals surface area contributed by atoms with E-state index in [1.165, 1.54) is 27.3 Å². The normalized spacial score (nSPS) is 13.0. The third-order valence-corrected chi connectivity index (χ3v) is 7.22. The first-order chi connectivity index (χ1) is 13.7. The van der Waals surface area contributed by atoms with Crippen LogP contribution in [-0.2, 0) is 12.8 Å². The second-order valence-electron chi connectivity index (χ2n) is 6.83. The summed E-state index contributed by atoms with van der Waals surface area (Å²) < 4.78 is 5.19. The lowest BCUT2D eigenvalue weighted by Crippen LogP contribution is -2.02. The van der Waals surface area contributed by atoms with Crippen LogP contribution < -0.4 is 10.5 Å². The lowest BCUT2D eigenvalue weighted by Gasteiger charge is -2.09. The summed E-state index contributed by atoms with van der Waals surface area (Å²) in [6.07, 6.45) is 3.13. The van der Waals surface area contributed by atoms with Crippen molar-refractivity contribution in [3.05, 3.63) is 63.5 Å². The molecule has 0 fully saturated rings. The van der Waals surface area contributed by atoms with Crippen LogP contribution >= 0.6 is 22.7 Å². The minimum atomic E-state index is -0.0690. The van der Waals surface area contributed by atoms with Crippen LogP contribution in [-0.4, -0.2) is 17.9 Å². The van der Waals surface area contributed by atoms with E-state index in [0.717, 1.165) is 40.9 Å². The van der Waals surface area contributed by atoms with E-state index in [-0.39, 0.29) is 5.78 Å². The molecule has 0 atom stereocenters. The molecule has 0 saturated heterocycles. The van der Waals surface area contributed by atoms with Crippen molar-refractivity contribution in [2.45, 2.75) is 19.3 Å². The van der Waals surface area contributed by atoms with Gasteiger partial charge in [-0.05, 0) is 60.5 Å². The molecule has 5 rings (SSSR count). The second-order valence-corrected chi connectivity index (χ2v) is 8.77. The predicted molar refractivity (Wildman–Crippen MR) is 116 cm³/mol. The number of hydrogen-bond acceptors (Lipinski definition) is 6. The van der Waals surface area contributed by atoms with Crippen LogP contribution in [0.5, 0.6) is 5.75 Å². The van der Waals surface area contributed by atoms with E-state index in [2.05, 4.69) is 17.5 Å². The maximum absolute atomic E-state index is 13.2. The highest BCUT2D eigenvalue weighted by molar-refractivity contribution is 7.21. The largest absolute Gasteiger partial charge is 0.497 e. The third-order valence-electron chi connectivity index (χ3n) is 5.23. The maximum Gasteiger partial charge on any atom is 0.205 e. The van der Waals surface area contributed by atoms with Crippen LogP contribution in [0.3, 0.4) is 0 Å². The number of rotatable bonds is 4. The lowest BCUT2D eigenvalue weighted by atomic mass is 10.0. The fourth-order valence-corrected chi connectivity index (χ4v) is 5.77. The highest BCUT2D eigenvalue weighted by Crippen LogP contribution is 2.45. The number of thiophene rings is 2. The second kappa shape index (κ2) is 6.72. The monoisotopic (exact) mass is 406 g/mol. The Hall–Kier alpha value is -2.70. The predicted octanol–water partition coefficient (Wildman–Crippen LogP) is 5.34. The molecule has 4 nitrogen and oxygen atoms in total. The zero-order chi connectivity index (χ0) is 19.3. The Morgan fingerprint density at radius 1 is 1.18 bits per heavy atom. The van der Waals surface area contributed by atoms with Crippen molar-refractivity contribution in [2.24, 2.45) is 0 Å². The van der Waals surface area contributed by atoms with Crippen molar-refractivity contribution in [1.82, 2.24) is 4.98 Å². The molecule has 0 unspecified atom stereocenters. The van der Waals surface area contributed by atoms with Crippen molar-refractivity contribution in [2.75, 3.05) is 12.8 Å². The van der Waals surface area contributed by atoms with Crippen molar-refractivity contribution in [1.29, 1.82) is 0 Å². The molecule has 0 radical (unpaired) electrons. The molecule has 0 saturated carbocycles. The molecule has 1 aliphatic carbocycles. The third kappa shape index (κ3) is 2.64. The summed E-state index contributed by atoms with van der Waals surface area (Å²) in [5.74, 6) is 0.652. The molecule has 0 bridgehead atoms. The van der Waals surface area contributed by atoms with Gasteiger partial charge in [-0.3, -0.25) is 4.79 Å². The number of hydrogen-bond donors (Lipinski definition) is 1. The smallest absolute Gasteiger partial charge is 0.205 e. The number of carbonyl (C=O) groups is 1. The number of nitrogen functional groups attached to an aromatic ring is 1. The Balaban J connectivity index is 1.71. The van der Waals surface area contributed by atoms with E-state index < -0.39 is 0 Å². The van der Waals surface area contributed by atoms with Gasteiger partial charge < -0.3 is 10.5 Å². The molecule has 3 aromatic heterocycles. The van der Waals surface area contributed by atoms with Gasteiger partial charge in [0.2, 0.25) is 5.78 Å². The summed E-state index contributed by atoms with van der Waals surface area (Å²) in [4.78, 5) is 20.7. The minimum absolute atomic E-state index is 0.0690. The van der Waals surface area contributed by atoms with Gasteiger partial charge in [0.25, 0.3) is 0 Å². The molecule has 0 amide bonds. The number of aryl methyl sites for hydroxylation is 1. The minimum Gasteiger partial charge on any atom is -0.497 e. The van der Waals surface area contributed by atoms with Gasteiger partial charge in [0.15, 0.2) is 0 Å². The van der Waals surface area contributed by atoms with Gasteiger partial charge in [-0.15, -0.1) is 22.7 Å². The van der Waals surface area contributed by atoms with E-state index in [4.69, 9.17) is 15.5 Å². The number of fused-ring (bicyclic) bond motifs is 2. The number of pyridine rings is 1. The Bertz CT molecular complexity index is 1190. The first kappa shape index (κ1) is 17.4. The zero-order valence-corrected chi connectivity index (χ0v) is 17.0. The summed E-state index contributed by atoms with van der Waals surface area (Å²) in [6, 6.07) is 11.3. The summed E-state index contributed by atoms with van der Waals surface area (Å²) in [7, 11) is 1.61. The van der Waals surface area contributed by atoms with E-state index in [0.29, 0.717) is 16.1 Å². The quantitative estimate of drug-likeness (QED) is 0.465. The van der Waals surface area contributed by atoms with E-state index in [1.807, 2.05) is 0 Å². The highest BCUT2D eigenvalue weighted by atomic mass is 32.1. The number of methoxy groups -OCH3 is 1. The average molecular weight is 407 g/mol. The van der Waals surface area contributed by atoms with Crippen molar-refractivity contribution < 1.29 is 9.53 Å². The first-order valence-electron chi connectivity index (χ1n) is 9.13. The standard InChI is InChI=1S/C22H18N2O2S2/c1-26-13-9-7-12(8-10-13)20(25)21-19(23)18-17(16-6-3-11-27-16)14-4-2-5-15(14)24-22(18)28-21/h3,6-11H,2,4-5,23H2,1H3. The molecule has 1 aliphatic rings. The van der Waals surface area contributed by atoms with Crippen LogP contribution in [0.2, 0.25) is 0 Å².